The van der Waals surface area contributed by atoms with Crippen LogP contribution in [0.2, 0.25) is 0 Å². The summed E-state index contributed by atoms with van der Waals surface area (Å²) in [6.45, 7) is 0.798. The van der Waals surface area contributed by atoms with Crippen molar-refractivity contribution in [3.63, 3.8) is 0 Å². The minimum Gasteiger partial charge on any atom is -0.456 e. The van der Waals surface area contributed by atoms with E-state index < -0.39 is 0 Å². The molecule has 3 aromatic heterocycles. The highest BCUT2D eigenvalue weighted by Crippen LogP contribution is 2.46. The molecule has 2 nitrogen and oxygen atoms in total. The SMILES string of the molecule is Brc1cc2c3ccccc3n(Cc3ccc4c(c3)oc3ccccc34)c2c2sc3c(c12)C=CCC3. The fraction of sp³-hybridized carbons (Fsp3) is 0.0968. The minimum atomic E-state index is 0.798. The lowest BCUT2D eigenvalue weighted by molar-refractivity contribution is 0.667. The summed E-state index contributed by atoms with van der Waals surface area (Å²) in [6.07, 6.45) is 6.88. The molecule has 0 fully saturated rings. The second-order valence-electron chi connectivity index (χ2n) is 9.37. The number of nitrogens with zero attached hydrogens (tertiary/aromatic N) is 1. The van der Waals surface area contributed by atoms with Gasteiger partial charge in [0, 0.05) is 48.3 Å². The lowest BCUT2D eigenvalue weighted by atomic mass is 10.0. The third kappa shape index (κ3) is 2.81. The smallest absolute Gasteiger partial charge is 0.135 e. The van der Waals surface area contributed by atoms with E-state index in [2.05, 4.69) is 93.3 Å². The number of rotatable bonds is 2. The number of para-hydroxylation sites is 2. The Balaban J connectivity index is 1.41. The molecule has 0 atom stereocenters. The first-order valence-corrected chi connectivity index (χ1v) is 13.6. The highest BCUT2D eigenvalue weighted by atomic mass is 79.9. The van der Waals surface area contributed by atoms with E-state index in [1.165, 1.54) is 63.1 Å². The van der Waals surface area contributed by atoms with E-state index in [0.717, 1.165) is 30.6 Å². The Kier molecular flexibility index (Phi) is 4.17. The van der Waals surface area contributed by atoms with Gasteiger partial charge in [0.05, 0.1) is 10.2 Å². The first-order chi connectivity index (χ1) is 17.3. The Bertz CT molecular complexity index is 2000. The van der Waals surface area contributed by atoms with Crippen LogP contribution in [0, 0.1) is 0 Å². The van der Waals surface area contributed by atoms with Crippen LogP contribution in [0.15, 0.2) is 87.8 Å². The Morgan fingerprint density at radius 3 is 2.63 bits per heavy atom. The van der Waals surface area contributed by atoms with Gasteiger partial charge in [0.1, 0.15) is 11.2 Å². The van der Waals surface area contributed by atoms with E-state index in [0.29, 0.717) is 0 Å². The fourth-order valence-corrected chi connectivity index (χ4v) is 7.97. The van der Waals surface area contributed by atoms with Crippen LogP contribution in [0.3, 0.4) is 0 Å². The number of fused-ring (bicyclic) bond motifs is 10. The standard InChI is InChI=1S/C31H20BrNOS/c32-24-16-23-19-7-1-4-10-25(19)33(30(23)31-29(24)22-9-3-6-12-28(22)35-31)17-18-13-14-21-20-8-2-5-11-26(20)34-27(21)15-18/h1-5,7-11,13-16H,6,12,17H2. The second-order valence-corrected chi connectivity index (χ2v) is 11.3. The van der Waals surface area contributed by atoms with Gasteiger partial charge < -0.3 is 8.98 Å². The van der Waals surface area contributed by atoms with Crippen molar-refractivity contribution in [1.82, 2.24) is 4.57 Å². The van der Waals surface area contributed by atoms with E-state index >= 15 is 0 Å². The van der Waals surface area contributed by atoms with Crippen molar-refractivity contribution in [2.45, 2.75) is 19.4 Å². The molecule has 4 heteroatoms. The maximum absolute atomic E-state index is 6.21. The number of halogens is 1. The maximum atomic E-state index is 6.21. The predicted molar refractivity (Wildman–Crippen MR) is 153 cm³/mol. The number of aromatic nitrogens is 1. The summed E-state index contributed by atoms with van der Waals surface area (Å²) in [5, 5.41) is 6.32. The molecule has 0 bridgehead atoms. The summed E-state index contributed by atoms with van der Waals surface area (Å²) in [5.41, 5.74) is 7.15. The zero-order chi connectivity index (χ0) is 23.1. The van der Waals surface area contributed by atoms with E-state index in [-0.39, 0.29) is 0 Å². The van der Waals surface area contributed by atoms with Crippen LogP contribution in [0.1, 0.15) is 22.4 Å². The highest BCUT2D eigenvalue weighted by molar-refractivity contribution is 9.10. The Labute approximate surface area is 214 Å². The number of thiophene rings is 1. The summed E-state index contributed by atoms with van der Waals surface area (Å²) in [7, 11) is 0. The first-order valence-electron chi connectivity index (χ1n) is 12.0. The fourth-order valence-electron chi connectivity index (χ4n) is 5.81. The van der Waals surface area contributed by atoms with Crippen molar-refractivity contribution < 1.29 is 4.42 Å². The van der Waals surface area contributed by atoms with Crippen molar-refractivity contribution >= 4 is 87.2 Å². The van der Waals surface area contributed by atoms with Gasteiger partial charge in [-0.3, -0.25) is 0 Å². The van der Waals surface area contributed by atoms with Gasteiger partial charge in [0.15, 0.2) is 0 Å². The second kappa shape index (κ2) is 7.33. The van der Waals surface area contributed by atoms with Crippen molar-refractivity contribution in [2.75, 3.05) is 0 Å². The van der Waals surface area contributed by atoms with Crippen LogP contribution in [0.5, 0.6) is 0 Å². The van der Waals surface area contributed by atoms with Crippen molar-refractivity contribution in [3.8, 4) is 0 Å². The zero-order valence-corrected chi connectivity index (χ0v) is 21.2. The normalized spacial score (nSPS) is 13.6. The molecule has 0 saturated heterocycles. The molecule has 4 aromatic carbocycles. The molecule has 1 aliphatic rings. The zero-order valence-electron chi connectivity index (χ0n) is 18.8. The van der Waals surface area contributed by atoms with Crippen LogP contribution < -0.4 is 0 Å². The van der Waals surface area contributed by atoms with Gasteiger partial charge in [-0.25, -0.2) is 0 Å². The molecule has 0 radical (unpaired) electrons. The largest absolute Gasteiger partial charge is 0.456 e. The van der Waals surface area contributed by atoms with Gasteiger partial charge in [-0.15, -0.1) is 11.3 Å². The first kappa shape index (κ1) is 19.9. The molecule has 0 unspecified atom stereocenters. The Morgan fingerprint density at radius 1 is 0.857 bits per heavy atom. The lowest BCUT2D eigenvalue weighted by Gasteiger charge is -2.09. The number of benzene rings is 4. The number of allylic oxidation sites excluding steroid dienone is 1. The topological polar surface area (TPSA) is 18.1 Å². The number of aryl methyl sites for hydroxylation is 1. The number of hydrogen-bond donors (Lipinski definition) is 0. The lowest BCUT2D eigenvalue weighted by Crippen LogP contribution is -1.99. The quantitative estimate of drug-likeness (QED) is 0.216. The summed E-state index contributed by atoms with van der Waals surface area (Å²) in [5.74, 6) is 0. The summed E-state index contributed by atoms with van der Waals surface area (Å²) in [6, 6.07) is 26.1. The third-order valence-corrected chi connectivity index (χ3v) is 9.26. The molecular formula is C31H20BrNOS. The maximum Gasteiger partial charge on any atom is 0.135 e. The van der Waals surface area contributed by atoms with Crippen molar-refractivity contribution in [1.29, 1.82) is 0 Å². The van der Waals surface area contributed by atoms with Gasteiger partial charge in [-0.05, 0) is 48.2 Å². The summed E-state index contributed by atoms with van der Waals surface area (Å²) < 4.78 is 11.3. The molecule has 0 N–H and O–H groups in total. The van der Waals surface area contributed by atoms with Crippen LogP contribution in [-0.2, 0) is 13.0 Å². The Morgan fingerprint density at radius 2 is 1.69 bits per heavy atom. The monoisotopic (exact) mass is 533 g/mol. The molecule has 35 heavy (non-hydrogen) atoms. The molecule has 1 aliphatic carbocycles. The minimum absolute atomic E-state index is 0.798. The van der Waals surface area contributed by atoms with Crippen LogP contribution in [0.4, 0.5) is 0 Å². The molecule has 7 aromatic rings. The van der Waals surface area contributed by atoms with E-state index in [1.807, 2.05) is 23.5 Å². The number of furan rings is 1. The van der Waals surface area contributed by atoms with E-state index in [1.54, 1.807) is 0 Å². The molecule has 168 valence electrons. The Hall–Kier alpha value is -3.34. The van der Waals surface area contributed by atoms with Gasteiger partial charge >= 0.3 is 0 Å². The average Bonchev–Trinajstić information content (AvgIpc) is 3.54. The highest BCUT2D eigenvalue weighted by Gasteiger charge is 2.22. The molecule has 0 saturated carbocycles. The van der Waals surface area contributed by atoms with Crippen molar-refractivity contribution in [3.05, 3.63) is 99.3 Å². The predicted octanol–water partition coefficient (Wildman–Crippen LogP) is 9.68. The van der Waals surface area contributed by atoms with Gasteiger partial charge in [-0.2, -0.15) is 0 Å². The molecule has 0 aliphatic heterocycles. The van der Waals surface area contributed by atoms with Crippen LogP contribution in [-0.4, -0.2) is 4.57 Å². The summed E-state index contributed by atoms with van der Waals surface area (Å²) >= 11 is 5.90. The van der Waals surface area contributed by atoms with Crippen molar-refractivity contribution in [2.24, 2.45) is 0 Å². The molecule has 8 rings (SSSR count). The van der Waals surface area contributed by atoms with Gasteiger partial charge in [0.25, 0.3) is 0 Å². The molecule has 3 heterocycles. The van der Waals surface area contributed by atoms with E-state index in [4.69, 9.17) is 4.42 Å². The molecule has 0 spiro atoms. The van der Waals surface area contributed by atoms with Crippen LogP contribution in [0.25, 0.3) is 59.9 Å². The van der Waals surface area contributed by atoms with Crippen LogP contribution >= 0.6 is 27.3 Å². The number of hydrogen-bond acceptors (Lipinski definition) is 2. The van der Waals surface area contributed by atoms with Gasteiger partial charge in [0.2, 0.25) is 0 Å². The van der Waals surface area contributed by atoms with Gasteiger partial charge in [-0.1, -0.05) is 76.6 Å². The summed E-state index contributed by atoms with van der Waals surface area (Å²) in [4.78, 5) is 1.50. The third-order valence-electron chi connectivity index (χ3n) is 7.36. The van der Waals surface area contributed by atoms with E-state index in [9.17, 15) is 0 Å². The molecular weight excluding hydrogens is 514 g/mol. The average molecular weight is 534 g/mol. The molecule has 0 amide bonds.